The van der Waals surface area contributed by atoms with Crippen LogP contribution in [0.5, 0.6) is 0 Å². The van der Waals surface area contributed by atoms with Crippen LogP contribution in [-0.4, -0.2) is 60.4 Å². The zero-order valence-corrected chi connectivity index (χ0v) is 21.7. The fourth-order valence-electron chi connectivity index (χ4n) is 9.63. The summed E-state index contributed by atoms with van der Waals surface area (Å²) in [4.78, 5) is 28.9. The minimum absolute atomic E-state index is 0.0316. The van der Waals surface area contributed by atoms with E-state index in [2.05, 4.69) is 37.2 Å². The largest absolute Gasteiger partial charge is 0.345 e. The summed E-state index contributed by atoms with van der Waals surface area (Å²) < 4.78 is 0. The summed E-state index contributed by atoms with van der Waals surface area (Å²) in [6.45, 7) is 9.62. The first-order chi connectivity index (χ1) is 15.6. The van der Waals surface area contributed by atoms with Crippen molar-refractivity contribution in [3.05, 3.63) is 11.6 Å². The third-order valence-electron chi connectivity index (χ3n) is 11.4. The lowest BCUT2D eigenvalue weighted by Crippen LogP contribution is -2.54. The van der Waals surface area contributed by atoms with E-state index in [1.807, 2.05) is 11.9 Å². The Kier molecular flexibility index (Phi) is 5.74. The second-order valence-corrected chi connectivity index (χ2v) is 12.6. The van der Waals surface area contributed by atoms with Crippen molar-refractivity contribution in [3.8, 4) is 0 Å². The Balaban J connectivity index is 1.33. The smallest absolute Gasteiger partial charge is 0.244 e. The van der Waals surface area contributed by atoms with Gasteiger partial charge in [0, 0.05) is 32.6 Å². The summed E-state index contributed by atoms with van der Waals surface area (Å²) in [7, 11) is 4.29. The number of rotatable bonds is 3. The van der Waals surface area contributed by atoms with E-state index in [4.69, 9.17) is 0 Å². The molecule has 5 heteroatoms. The van der Waals surface area contributed by atoms with Crippen molar-refractivity contribution in [3.63, 3.8) is 0 Å². The summed E-state index contributed by atoms with van der Waals surface area (Å²) >= 11 is 0. The van der Waals surface area contributed by atoms with Crippen LogP contribution in [0.2, 0.25) is 0 Å². The van der Waals surface area contributed by atoms with Crippen LogP contribution in [0.3, 0.4) is 0 Å². The molecule has 1 aliphatic heterocycles. The van der Waals surface area contributed by atoms with Gasteiger partial charge in [0.25, 0.3) is 0 Å². The minimum atomic E-state index is -0.456. The van der Waals surface area contributed by atoms with Crippen molar-refractivity contribution in [2.75, 3.05) is 20.6 Å². The van der Waals surface area contributed by atoms with Gasteiger partial charge in [0.05, 0.1) is 0 Å². The van der Waals surface area contributed by atoms with Crippen molar-refractivity contribution in [2.24, 2.45) is 34.5 Å². The number of amides is 2. The molecular formula is C28H45N3O2. The number of likely N-dealkylation sites (N-methyl/N-ethyl adjacent to an activating group) is 1. The summed E-state index contributed by atoms with van der Waals surface area (Å²) in [6.07, 6.45) is 12.8. The quantitative estimate of drug-likeness (QED) is 0.648. The number of hydrogen-bond donors (Lipinski definition) is 1. The Bertz CT molecular complexity index is 854. The fraction of sp³-hybridized carbons (Fsp3) is 0.857. The van der Waals surface area contributed by atoms with E-state index < -0.39 is 6.04 Å². The number of nitrogens with one attached hydrogen (secondary N) is 1. The van der Waals surface area contributed by atoms with Crippen LogP contribution < -0.4 is 5.32 Å². The molecule has 0 aromatic rings. The number of carbonyl (C=O) groups is 2. The van der Waals surface area contributed by atoms with Crippen LogP contribution in [0, 0.1) is 34.5 Å². The Hall–Kier alpha value is -1.36. The van der Waals surface area contributed by atoms with Gasteiger partial charge in [-0.15, -0.1) is 0 Å². The third-order valence-corrected chi connectivity index (χ3v) is 11.4. The van der Waals surface area contributed by atoms with Gasteiger partial charge >= 0.3 is 0 Å². The maximum absolute atomic E-state index is 12.9. The van der Waals surface area contributed by atoms with E-state index in [0.717, 1.165) is 42.6 Å². The van der Waals surface area contributed by atoms with Gasteiger partial charge in [-0.1, -0.05) is 18.6 Å². The molecule has 1 saturated heterocycles. The molecule has 0 bridgehead atoms. The first-order valence-electron chi connectivity index (χ1n) is 13.5. The van der Waals surface area contributed by atoms with Crippen LogP contribution >= 0.6 is 0 Å². The molecule has 0 unspecified atom stereocenters. The van der Waals surface area contributed by atoms with E-state index >= 15 is 0 Å². The number of carbonyl (C=O) groups excluding carboxylic acids is 2. The molecule has 0 aromatic carbocycles. The highest BCUT2D eigenvalue weighted by atomic mass is 16.2. The molecule has 1 spiro atoms. The zero-order valence-electron chi connectivity index (χ0n) is 21.7. The molecule has 5 nitrogen and oxygen atoms in total. The molecule has 5 rings (SSSR count). The molecule has 0 radical (unpaired) electrons. The normalized spacial score (nSPS) is 45.2. The summed E-state index contributed by atoms with van der Waals surface area (Å²) in [5.41, 5.74) is 2.51. The van der Waals surface area contributed by atoms with E-state index in [1.165, 1.54) is 52.0 Å². The van der Waals surface area contributed by atoms with Gasteiger partial charge in [-0.25, -0.2) is 0 Å². The number of nitrogens with zero attached hydrogens (tertiary/aromatic N) is 2. The highest BCUT2D eigenvalue weighted by molar-refractivity contribution is 5.86. The van der Waals surface area contributed by atoms with Crippen molar-refractivity contribution in [1.82, 2.24) is 15.1 Å². The molecular weight excluding hydrogens is 410 g/mol. The van der Waals surface area contributed by atoms with Crippen LogP contribution in [0.25, 0.3) is 0 Å². The first kappa shape index (κ1) is 23.4. The van der Waals surface area contributed by atoms with Crippen LogP contribution in [0.15, 0.2) is 11.6 Å². The van der Waals surface area contributed by atoms with E-state index in [-0.39, 0.29) is 17.9 Å². The van der Waals surface area contributed by atoms with Crippen molar-refractivity contribution in [1.29, 1.82) is 0 Å². The molecule has 184 valence electrons. The molecule has 33 heavy (non-hydrogen) atoms. The minimum Gasteiger partial charge on any atom is -0.345 e. The number of allylic oxidation sites excluding steroid dienone is 1. The average molecular weight is 456 g/mol. The van der Waals surface area contributed by atoms with E-state index in [0.29, 0.717) is 10.8 Å². The fourth-order valence-corrected chi connectivity index (χ4v) is 9.63. The Morgan fingerprint density at radius 3 is 2.61 bits per heavy atom. The summed E-state index contributed by atoms with van der Waals surface area (Å²) in [6, 6.07) is 0.544. The Labute approximate surface area is 200 Å². The number of hydrogen-bond acceptors (Lipinski definition) is 3. The summed E-state index contributed by atoms with van der Waals surface area (Å²) in [5.74, 6) is 3.37. The van der Waals surface area contributed by atoms with Gasteiger partial charge in [0.2, 0.25) is 11.8 Å². The Morgan fingerprint density at radius 2 is 1.88 bits per heavy atom. The van der Waals surface area contributed by atoms with E-state index in [9.17, 15) is 9.59 Å². The van der Waals surface area contributed by atoms with Gasteiger partial charge in [0.1, 0.15) is 6.04 Å². The number of likely N-dealkylation sites (tertiary alicyclic amines) is 1. The van der Waals surface area contributed by atoms with Gasteiger partial charge in [-0.2, -0.15) is 0 Å². The molecule has 1 N–H and O–H groups in total. The molecule has 3 saturated carbocycles. The predicted molar refractivity (Wildman–Crippen MR) is 131 cm³/mol. The van der Waals surface area contributed by atoms with Crippen molar-refractivity contribution in [2.45, 2.75) is 97.2 Å². The van der Waals surface area contributed by atoms with Crippen LogP contribution in [0.1, 0.15) is 79.1 Å². The molecule has 2 amide bonds. The monoisotopic (exact) mass is 455 g/mol. The highest BCUT2D eigenvalue weighted by Crippen LogP contribution is 2.68. The Morgan fingerprint density at radius 1 is 1.15 bits per heavy atom. The second kappa shape index (κ2) is 8.10. The standard InChI is InChI=1S/C28H45N3O2/c1-17(29-19(3)32)26(33)31(6)21-11-13-27(4)20(15-21)7-8-22-24(27)12-14-28-16-30(5)18(2)23(28)9-10-25(22)28/h7,17-18,21-25H,8-16H2,1-6H3,(H,29,32)/t17-,18-,21-,22+,23+,24-,25-,27-,28-/m0/s1. The zero-order chi connectivity index (χ0) is 23.7. The maximum Gasteiger partial charge on any atom is 0.244 e. The van der Waals surface area contributed by atoms with Crippen molar-refractivity contribution < 1.29 is 9.59 Å². The molecule has 0 aromatic heterocycles. The molecule has 5 aliphatic rings. The van der Waals surface area contributed by atoms with Gasteiger partial charge in [-0.3, -0.25) is 9.59 Å². The average Bonchev–Trinajstić information content (AvgIpc) is 3.25. The lowest BCUT2D eigenvalue weighted by molar-refractivity contribution is -0.137. The van der Waals surface area contributed by atoms with Gasteiger partial charge in [0.15, 0.2) is 0 Å². The predicted octanol–water partition coefficient (Wildman–Crippen LogP) is 4.23. The number of fused-ring (bicyclic) bond motifs is 4. The first-order valence-corrected chi connectivity index (χ1v) is 13.5. The SMILES string of the molecule is CC(=O)N[C@@H](C)C(=O)N(C)[C@H]1CC[C@@]2(C)C(=CC[C@H]3[C@@H]4CC[C@@H]5[C@H](C)N(C)C[C@@]54CC[C@@H]32)C1. The second-order valence-electron chi connectivity index (χ2n) is 12.6. The van der Waals surface area contributed by atoms with Gasteiger partial charge < -0.3 is 15.1 Å². The van der Waals surface area contributed by atoms with Crippen molar-refractivity contribution >= 4 is 11.8 Å². The van der Waals surface area contributed by atoms with Crippen LogP contribution in [0.4, 0.5) is 0 Å². The lowest BCUT2D eigenvalue weighted by Gasteiger charge is -2.58. The van der Waals surface area contributed by atoms with Gasteiger partial charge in [-0.05, 0) is 107 Å². The molecule has 4 fully saturated rings. The highest BCUT2D eigenvalue weighted by Gasteiger charge is 2.64. The maximum atomic E-state index is 12.9. The van der Waals surface area contributed by atoms with E-state index in [1.54, 1.807) is 12.5 Å². The summed E-state index contributed by atoms with van der Waals surface area (Å²) in [5, 5.41) is 2.76. The molecule has 9 atom stereocenters. The van der Waals surface area contributed by atoms with Crippen LogP contribution in [-0.2, 0) is 9.59 Å². The molecule has 1 heterocycles. The lowest BCUT2D eigenvalue weighted by atomic mass is 9.47. The molecule has 4 aliphatic carbocycles. The third kappa shape index (κ3) is 3.43. The topological polar surface area (TPSA) is 52.7 Å².